The molecule has 1 heterocycles. The van der Waals surface area contributed by atoms with Gasteiger partial charge in [-0.05, 0) is 25.1 Å². The fourth-order valence-electron chi connectivity index (χ4n) is 2.19. The van der Waals surface area contributed by atoms with Crippen LogP contribution in [0.3, 0.4) is 0 Å². The number of carbonyl (C=O) groups excluding carboxylic acids is 1. The highest BCUT2D eigenvalue weighted by molar-refractivity contribution is 6.33. The van der Waals surface area contributed by atoms with Crippen molar-refractivity contribution in [3.63, 3.8) is 0 Å². The molecule has 0 aliphatic heterocycles. The van der Waals surface area contributed by atoms with Gasteiger partial charge in [-0.3, -0.25) is 10.1 Å². The number of halogens is 1. The van der Waals surface area contributed by atoms with Gasteiger partial charge in [0.1, 0.15) is 0 Å². The van der Waals surface area contributed by atoms with Crippen LogP contribution in [0.2, 0.25) is 5.02 Å². The van der Waals surface area contributed by atoms with Crippen molar-refractivity contribution in [1.82, 2.24) is 10.2 Å². The molecule has 0 spiro atoms. The van der Waals surface area contributed by atoms with E-state index in [2.05, 4.69) is 10.2 Å². The summed E-state index contributed by atoms with van der Waals surface area (Å²) < 4.78 is 10.5. The molecule has 1 aromatic heterocycles. The number of aromatic nitrogens is 2. The molecule has 0 aliphatic rings. The van der Waals surface area contributed by atoms with Gasteiger partial charge in [0.15, 0.2) is 6.61 Å². The number of ether oxygens (including phenoxy) is 1. The van der Waals surface area contributed by atoms with Crippen molar-refractivity contribution in [2.45, 2.75) is 13.5 Å². The highest BCUT2D eigenvalue weighted by atomic mass is 35.5. The van der Waals surface area contributed by atoms with E-state index in [0.717, 1.165) is 17.2 Å². The van der Waals surface area contributed by atoms with Crippen LogP contribution in [0.5, 0.6) is 0 Å². The molecule has 0 atom stereocenters. The Balaban J connectivity index is 1.71. The van der Waals surface area contributed by atoms with Gasteiger partial charge in [-0.15, -0.1) is 10.2 Å². The predicted octanol–water partition coefficient (Wildman–Crippen LogP) is 3.96. The third-order valence-electron chi connectivity index (χ3n) is 3.44. The number of nitro benzene ring substituents is 1. The van der Waals surface area contributed by atoms with Crippen molar-refractivity contribution in [2.75, 3.05) is 0 Å². The fourth-order valence-corrected chi connectivity index (χ4v) is 2.39. The van der Waals surface area contributed by atoms with Gasteiger partial charge in [0.25, 0.3) is 11.6 Å². The lowest BCUT2D eigenvalue weighted by Crippen LogP contribution is -2.07. The van der Waals surface area contributed by atoms with Crippen LogP contribution in [-0.2, 0) is 11.3 Å². The van der Waals surface area contributed by atoms with E-state index < -0.39 is 10.9 Å². The Morgan fingerprint density at radius 1 is 1.27 bits per heavy atom. The molecular weight excluding hydrogens is 362 g/mol. The molecule has 2 aromatic carbocycles. The number of nitrogens with zero attached hydrogens (tertiary/aromatic N) is 3. The van der Waals surface area contributed by atoms with E-state index in [-0.39, 0.29) is 28.8 Å². The van der Waals surface area contributed by atoms with Crippen LogP contribution in [0, 0.1) is 17.0 Å². The maximum atomic E-state index is 12.1. The van der Waals surface area contributed by atoms with Gasteiger partial charge in [-0.1, -0.05) is 29.3 Å². The zero-order valence-electron chi connectivity index (χ0n) is 13.5. The minimum absolute atomic E-state index is 0.0478. The smallest absolute Gasteiger partial charge is 0.340 e. The second kappa shape index (κ2) is 7.32. The van der Waals surface area contributed by atoms with Gasteiger partial charge in [-0.2, -0.15) is 0 Å². The van der Waals surface area contributed by atoms with Gasteiger partial charge < -0.3 is 9.15 Å². The Kier molecular flexibility index (Phi) is 4.94. The van der Waals surface area contributed by atoms with Gasteiger partial charge >= 0.3 is 5.97 Å². The number of hydrogen-bond donors (Lipinski definition) is 0. The van der Waals surface area contributed by atoms with Crippen LogP contribution >= 0.6 is 11.6 Å². The van der Waals surface area contributed by atoms with Crippen molar-refractivity contribution in [3.8, 4) is 11.5 Å². The summed E-state index contributed by atoms with van der Waals surface area (Å²) in [5, 5.41) is 18.6. The van der Waals surface area contributed by atoms with E-state index in [1.165, 1.54) is 12.1 Å². The normalized spacial score (nSPS) is 10.5. The number of non-ortho nitro benzene ring substituents is 1. The van der Waals surface area contributed by atoms with Gasteiger partial charge in [0.2, 0.25) is 5.89 Å². The Morgan fingerprint density at radius 3 is 2.81 bits per heavy atom. The molecule has 3 rings (SSSR count). The number of carbonyl (C=O) groups is 1. The highest BCUT2D eigenvalue weighted by Gasteiger charge is 2.18. The second-order valence-corrected chi connectivity index (χ2v) is 5.78. The summed E-state index contributed by atoms with van der Waals surface area (Å²) in [5.41, 5.74) is 1.41. The maximum Gasteiger partial charge on any atom is 0.340 e. The molecule has 132 valence electrons. The Bertz CT molecular complexity index is 986. The zero-order chi connectivity index (χ0) is 18.7. The number of aryl methyl sites for hydroxylation is 1. The minimum atomic E-state index is -0.825. The Hall–Kier alpha value is -3.26. The largest absolute Gasteiger partial charge is 0.452 e. The first-order chi connectivity index (χ1) is 12.4. The van der Waals surface area contributed by atoms with E-state index in [0.29, 0.717) is 5.89 Å². The molecule has 0 fully saturated rings. The van der Waals surface area contributed by atoms with Crippen LogP contribution in [0.15, 0.2) is 46.9 Å². The van der Waals surface area contributed by atoms with Crippen LogP contribution in [0.25, 0.3) is 11.5 Å². The van der Waals surface area contributed by atoms with E-state index in [4.69, 9.17) is 20.8 Å². The number of esters is 1. The fraction of sp³-hybridized carbons (Fsp3) is 0.118. The lowest BCUT2D eigenvalue weighted by atomic mass is 10.1. The van der Waals surface area contributed by atoms with Crippen LogP contribution in [0.1, 0.15) is 21.8 Å². The predicted molar refractivity (Wildman–Crippen MR) is 91.7 cm³/mol. The van der Waals surface area contributed by atoms with Crippen LogP contribution < -0.4 is 0 Å². The Labute approximate surface area is 152 Å². The van der Waals surface area contributed by atoms with Gasteiger partial charge in [0, 0.05) is 17.7 Å². The summed E-state index contributed by atoms with van der Waals surface area (Å²) in [7, 11) is 0. The topological polar surface area (TPSA) is 108 Å². The molecular formula is C17H12ClN3O5. The summed E-state index contributed by atoms with van der Waals surface area (Å²) >= 11 is 5.90. The second-order valence-electron chi connectivity index (χ2n) is 5.37. The quantitative estimate of drug-likeness (QED) is 0.378. The van der Waals surface area contributed by atoms with Crippen molar-refractivity contribution in [3.05, 3.63) is 74.6 Å². The number of nitro groups is 1. The third kappa shape index (κ3) is 3.86. The van der Waals surface area contributed by atoms with Crippen molar-refractivity contribution < 1.29 is 18.9 Å². The number of hydrogen-bond acceptors (Lipinski definition) is 7. The Morgan fingerprint density at radius 2 is 2.08 bits per heavy atom. The minimum Gasteiger partial charge on any atom is -0.452 e. The molecule has 0 bridgehead atoms. The summed E-state index contributed by atoms with van der Waals surface area (Å²) in [4.78, 5) is 22.3. The van der Waals surface area contributed by atoms with Crippen molar-refractivity contribution in [1.29, 1.82) is 0 Å². The average molecular weight is 374 g/mol. The summed E-state index contributed by atoms with van der Waals surface area (Å²) in [6.45, 7) is 1.65. The molecule has 8 nitrogen and oxygen atoms in total. The molecule has 0 radical (unpaired) electrons. The summed E-state index contributed by atoms with van der Waals surface area (Å²) in [6.07, 6.45) is 0. The van der Waals surface area contributed by atoms with Crippen molar-refractivity contribution >= 4 is 23.3 Å². The number of rotatable bonds is 5. The maximum absolute atomic E-state index is 12.1. The van der Waals surface area contributed by atoms with Gasteiger partial charge in [0.05, 0.1) is 15.5 Å². The summed E-state index contributed by atoms with van der Waals surface area (Å²) in [5.74, 6) is -0.432. The first kappa shape index (κ1) is 17.6. The van der Waals surface area contributed by atoms with Crippen LogP contribution in [-0.4, -0.2) is 21.1 Å². The standard InChI is InChI=1S/C17H12ClN3O5/c1-10-3-2-4-11(7-10)16-20-19-15(26-16)9-25-17(22)13-8-12(21(23)24)5-6-14(13)18/h2-8H,9H2,1H3. The first-order valence-electron chi connectivity index (χ1n) is 7.44. The van der Waals surface area contributed by atoms with E-state index in [1.807, 2.05) is 31.2 Å². The highest BCUT2D eigenvalue weighted by Crippen LogP contribution is 2.23. The average Bonchev–Trinajstić information content (AvgIpc) is 3.09. The van der Waals surface area contributed by atoms with Gasteiger partial charge in [-0.25, -0.2) is 4.79 Å². The third-order valence-corrected chi connectivity index (χ3v) is 3.77. The molecule has 0 aliphatic carbocycles. The molecule has 0 N–H and O–H groups in total. The molecule has 0 saturated heterocycles. The lowest BCUT2D eigenvalue weighted by molar-refractivity contribution is -0.384. The zero-order valence-corrected chi connectivity index (χ0v) is 14.3. The van der Waals surface area contributed by atoms with E-state index in [1.54, 1.807) is 0 Å². The molecule has 26 heavy (non-hydrogen) atoms. The summed E-state index contributed by atoms with van der Waals surface area (Å²) in [6, 6.07) is 11.0. The first-order valence-corrected chi connectivity index (χ1v) is 7.82. The van der Waals surface area contributed by atoms with Crippen LogP contribution in [0.4, 0.5) is 5.69 Å². The molecule has 0 saturated carbocycles. The molecule has 9 heteroatoms. The van der Waals surface area contributed by atoms with E-state index >= 15 is 0 Å². The lowest BCUT2D eigenvalue weighted by Gasteiger charge is -2.04. The SMILES string of the molecule is Cc1cccc(-c2nnc(COC(=O)c3cc([N+](=O)[O-])ccc3Cl)o2)c1. The molecule has 3 aromatic rings. The molecule has 0 amide bonds. The van der Waals surface area contributed by atoms with E-state index in [9.17, 15) is 14.9 Å². The number of benzene rings is 2. The molecule has 0 unspecified atom stereocenters. The monoisotopic (exact) mass is 373 g/mol. The van der Waals surface area contributed by atoms with Crippen molar-refractivity contribution in [2.24, 2.45) is 0 Å².